The molecule has 180 valence electrons. The molecule has 4 rings (SSSR count). The SMILES string of the molecule is CC1(C)C(NC(=O)c2ccc(N3CC(CCO)C3)cc2)C(C)(C)C1Oc1ccc(C#N)c(Cl)c1. The van der Waals surface area contributed by atoms with Crippen molar-refractivity contribution in [1.29, 1.82) is 5.26 Å². The number of nitrogens with one attached hydrogen (secondary N) is 1. The number of nitriles is 1. The molecule has 2 N–H and O–H groups in total. The number of nitrogens with zero attached hydrogens (tertiary/aromatic N) is 2. The summed E-state index contributed by atoms with van der Waals surface area (Å²) in [7, 11) is 0. The van der Waals surface area contributed by atoms with Crippen LogP contribution in [-0.4, -0.2) is 42.9 Å². The molecular weight excluding hydrogens is 450 g/mol. The maximum absolute atomic E-state index is 13.1. The normalized spacial score (nSPS) is 22.8. The fraction of sp³-hybridized carbons (Fsp3) is 0.481. The molecule has 2 aromatic rings. The number of halogens is 1. The van der Waals surface area contributed by atoms with Crippen LogP contribution in [0.25, 0.3) is 0 Å². The van der Waals surface area contributed by atoms with E-state index in [1.54, 1.807) is 18.2 Å². The maximum atomic E-state index is 13.1. The van der Waals surface area contributed by atoms with Gasteiger partial charge in [-0.2, -0.15) is 5.26 Å². The summed E-state index contributed by atoms with van der Waals surface area (Å²) in [5.74, 6) is 1.06. The van der Waals surface area contributed by atoms with Gasteiger partial charge in [-0.25, -0.2) is 0 Å². The second-order valence-electron chi connectivity index (χ2n) is 10.6. The van der Waals surface area contributed by atoms with Gasteiger partial charge in [0.05, 0.1) is 10.6 Å². The summed E-state index contributed by atoms with van der Waals surface area (Å²) >= 11 is 6.17. The fourth-order valence-electron chi connectivity index (χ4n) is 5.78. The lowest BCUT2D eigenvalue weighted by atomic mass is 9.49. The Morgan fingerprint density at radius 1 is 1.18 bits per heavy atom. The van der Waals surface area contributed by atoms with Crippen molar-refractivity contribution in [3.63, 3.8) is 0 Å². The molecule has 34 heavy (non-hydrogen) atoms. The van der Waals surface area contributed by atoms with Crippen LogP contribution in [0.2, 0.25) is 5.02 Å². The van der Waals surface area contributed by atoms with Gasteiger partial charge in [0.2, 0.25) is 0 Å². The van der Waals surface area contributed by atoms with Gasteiger partial charge in [-0.3, -0.25) is 4.79 Å². The van der Waals surface area contributed by atoms with E-state index in [2.05, 4.69) is 44.0 Å². The zero-order valence-electron chi connectivity index (χ0n) is 20.1. The molecular formula is C27H32ClN3O3. The highest BCUT2D eigenvalue weighted by Crippen LogP contribution is 2.55. The van der Waals surface area contributed by atoms with E-state index < -0.39 is 0 Å². The van der Waals surface area contributed by atoms with E-state index in [4.69, 9.17) is 26.7 Å². The zero-order valence-corrected chi connectivity index (χ0v) is 20.9. The van der Waals surface area contributed by atoms with Crippen LogP contribution in [0.4, 0.5) is 5.69 Å². The molecule has 0 unspecified atom stereocenters. The lowest BCUT2D eigenvalue weighted by molar-refractivity contribution is -0.164. The summed E-state index contributed by atoms with van der Waals surface area (Å²) in [5, 5.41) is 21.7. The number of aliphatic hydroxyl groups excluding tert-OH is 1. The molecule has 1 amide bonds. The minimum absolute atomic E-state index is 0.0827. The average molecular weight is 482 g/mol. The first-order chi connectivity index (χ1) is 16.1. The summed E-state index contributed by atoms with van der Waals surface area (Å²) in [6.07, 6.45) is 0.697. The van der Waals surface area contributed by atoms with Crippen LogP contribution in [0.15, 0.2) is 42.5 Å². The summed E-state index contributed by atoms with van der Waals surface area (Å²) in [5.41, 5.74) is 1.53. The molecule has 0 bridgehead atoms. The van der Waals surface area contributed by atoms with E-state index in [-0.39, 0.29) is 35.5 Å². The Kier molecular flexibility index (Phi) is 6.54. The quantitative estimate of drug-likeness (QED) is 0.601. The number of anilines is 1. The van der Waals surface area contributed by atoms with Gasteiger partial charge < -0.3 is 20.1 Å². The van der Waals surface area contributed by atoms with Crippen LogP contribution in [-0.2, 0) is 0 Å². The van der Waals surface area contributed by atoms with Crippen LogP contribution < -0.4 is 15.0 Å². The van der Waals surface area contributed by atoms with Crippen molar-refractivity contribution in [2.24, 2.45) is 16.7 Å². The summed E-state index contributed by atoms with van der Waals surface area (Å²) in [4.78, 5) is 15.3. The van der Waals surface area contributed by atoms with Crippen molar-refractivity contribution in [3.8, 4) is 11.8 Å². The first-order valence-corrected chi connectivity index (χ1v) is 12.1. The number of carbonyl (C=O) groups excluding carboxylic acids is 1. The Morgan fingerprint density at radius 2 is 1.82 bits per heavy atom. The average Bonchev–Trinajstić information content (AvgIpc) is 2.77. The highest BCUT2D eigenvalue weighted by atomic mass is 35.5. The topological polar surface area (TPSA) is 85.6 Å². The van der Waals surface area contributed by atoms with E-state index in [1.807, 2.05) is 24.3 Å². The number of hydrogen-bond donors (Lipinski definition) is 2. The van der Waals surface area contributed by atoms with E-state index in [1.165, 1.54) is 0 Å². The summed E-state index contributed by atoms with van der Waals surface area (Å²) < 4.78 is 6.30. The second kappa shape index (κ2) is 9.13. The fourth-order valence-corrected chi connectivity index (χ4v) is 5.99. The first-order valence-electron chi connectivity index (χ1n) is 11.7. The smallest absolute Gasteiger partial charge is 0.251 e. The lowest BCUT2D eigenvalue weighted by Crippen LogP contribution is -2.74. The Morgan fingerprint density at radius 3 is 2.38 bits per heavy atom. The third kappa shape index (κ3) is 4.35. The van der Waals surface area contributed by atoms with Crippen molar-refractivity contribution in [2.75, 3.05) is 24.6 Å². The predicted molar refractivity (Wildman–Crippen MR) is 133 cm³/mol. The molecule has 2 fully saturated rings. The van der Waals surface area contributed by atoms with Gasteiger partial charge in [0.1, 0.15) is 17.9 Å². The summed E-state index contributed by atoms with van der Waals surface area (Å²) in [6.45, 7) is 10.5. The number of benzene rings is 2. The molecule has 1 saturated carbocycles. The number of carbonyl (C=O) groups is 1. The Balaban J connectivity index is 1.39. The highest BCUT2D eigenvalue weighted by Gasteiger charge is 2.64. The van der Waals surface area contributed by atoms with Gasteiger partial charge in [0.25, 0.3) is 5.91 Å². The van der Waals surface area contributed by atoms with Crippen LogP contribution in [0.3, 0.4) is 0 Å². The van der Waals surface area contributed by atoms with Crippen LogP contribution >= 0.6 is 11.6 Å². The van der Waals surface area contributed by atoms with Gasteiger partial charge in [0.15, 0.2) is 0 Å². The largest absolute Gasteiger partial charge is 0.489 e. The molecule has 0 spiro atoms. The molecule has 1 heterocycles. The Hall–Kier alpha value is -2.75. The Labute approximate surface area is 206 Å². The molecule has 0 atom stereocenters. The molecule has 1 aliphatic heterocycles. The van der Waals surface area contributed by atoms with Crippen molar-refractivity contribution < 1.29 is 14.6 Å². The highest BCUT2D eigenvalue weighted by molar-refractivity contribution is 6.31. The molecule has 1 saturated heterocycles. The molecule has 7 heteroatoms. The minimum Gasteiger partial charge on any atom is -0.489 e. The molecule has 2 aromatic carbocycles. The third-order valence-corrected chi connectivity index (χ3v) is 7.73. The minimum atomic E-state index is -0.307. The van der Waals surface area contributed by atoms with E-state index in [0.717, 1.165) is 25.2 Å². The van der Waals surface area contributed by atoms with Crippen molar-refractivity contribution in [1.82, 2.24) is 5.32 Å². The van der Waals surface area contributed by atoms with Gasteiger partial charge in [-0.15, -0.1) is 0 Å². The number of rotatable bonds is 7. The van der Waals surface area contributed by atoms with E-state index in [0.29, 0.717) is 27.8 Å². The standard InChI is InChI=1S/C27H32ClN3O3/c1-26(2)24(27(3,4)25(26)34-21-10-7-19(14-29)22(28)13-21)30-23(33)18-5-8-20(9-6-18)31-15-17(16-31)11-12-32/h5-10,13,17,24-25,32H,11-12,15-16H2,1-4H3,(H,30,33). The number of amides is 1. The third-order valence-electron chi connectivity index (χ3n) is 7.42. The molecule has 2 aliphatic rings. The maximum Gasteiger partial charge on any atom is 0.251 e. The zero-order chi connectivity index (χ0) is 24.7. The van der Waals surface area contributed by atoms with Gasteiger partial charge in [0, 0.05) is 53.9 Å². The summed E-state index contributed by atoms with van der Waals surface area (Å²) in [6, 6.07) is 14.8. The molecule has 0 aromatic heterocycles. The molecule has 0 radical (unpaired) electrons. The number of aliphatic hydroxyl groups is 1. The lowest BCUT2D eigenvalue weighted by Gasteiger charge is -2.63. The second-order valence-corrected chi connectivity index (χ2v) is 11.0. The number of hydrogen-bond acceptors (Lipinski definition) is 5. The monoisotopic (exact) mass is 481 g/mol. The van der Waals surface area contributed by atoms with E-state index >= 15 is 0 Å². The van der Waals surface area contributed by atoms with Crippen LogP contribution in [0.1, 0.15) is 50.0 Å². The molecule has 6 nitrogen and oxygen atoms in total. The predicted octanol–water partition coefficient (Wildman–Crippen LogP) is 4.64. The Bertz CT molecular complexity index is 1090. The molecule has 1 aliphatic carbocycles. The van der Waals surface area contributed by atoms with Crippen molar-refractivity contribution in [3.05, 3.63) is 58.6 Å². The van der Waals surface area contributed by atoms with E-state index in [9.17, 15) is 4.79 Å². The van der Waals surface area contributed by atoms with Crippen molar-refractivity contribution in [2.45, 2.75) is 46.3 Å². The van der Waals surface area contributed by atoms with Crippen LogP contribution in [0.5, 0.6) is 5.75 Å². The van der Waals surface area contributed by atoms with Gasteiger partial charge >= 0.3 is 0 Å². The van der Waals surface area contributed by atoms with Gasteiger partial charge in [-0.1, -0.05) is 39.3 Å². The number of ether oxygens (including phenoxy) is 1. The van der Waals surface area contributed by atoms with Gasteiger partial charge in [-0.05, 0) is 48.7 Å². The van der Waals surface area contributed by atoms with Crippen molar-refractivity contribution >= 4 is 23.2 Å². The van der Waals surface area contributed by atoms with Crippen LogP contribution in [0, 0.1) is 28.1 Å². The first kappa shape index (κ1) is 24.4.